The van der Waals surface area contributed by atoms with Crippen molar-refractivity contribution in [1.29, 1.82) is 0 Å². The van der Waals surface area contributed by atoms with Crippen molar-refractivity contribution in [1.82, 2.24) is 10.6 Å². The zero-order chi connectivity index (χ0) is 10.2. The molecule has 3 N–H and O–H groups in total. The minimum absolute atomic E-state index is 0.133. The molecule has 0 aliphatic carbocycles. The molecule has 1 aromatic rings. The average molecular weight is 215 g/mol. The summed E-state index contributed by atoms with van der Waals surface area (Å²) in [5.41, 5.74) is 0. The zero-order valence-corrected chi connectivity index (χ0v) is 8.72. The summed E-state index contributed by atoms with van der Waals surface area (Å²) in [5, 5.41) is 15.6. The van der Waals surface area contributed by atoms with Crippen LogP contribution in [0.4, 0.5) is 0 Å². The lowest BCUT2D eigenvalue weighted by Gasteiger charge is -2.11. The lowest BCUT2D eigenvalue weighted by Crippen LogP contribution is -2.39. The van der Waals surface area contributed by atoms with E-state index in [9.17, 15) is 0 Å². The van der Waals surface area contributed by atoms with Gasteiger partial charge in [-0.3, -0.25) is 0 Å². The molecular formula is C10H15ClN2O. The van der Waals surface area contributed by atoms with Crippen molar-refractivity contribution in [3.05, 3.63) is 29.3 Å². The Labute approximate surface area is 89.1 Å². The van der Waals surface area contributed by atoms with Gasteiger partial charge in [0, 0.05) is 26.2 Å². The Morgan fingerprint density at radius 3 is 1.79 bits per heavy atom. The maximum Gasteiger partial charge on any atom is 0.134 e. The van der Waals surface area contributed by atoms with Gasteiger partial charge in [0.2, 0.25) is 0 Å². The third-order valence-corrected chi connectivity index (χ3v) is 2.13. The second kappa shape index (κ2) is 6.65. The molecule has 0 saturated carbocycles. The number of phenols is 1. The molecule has 0 atom stereocenters. The standard InChI is InChI=1S/C6H5ClO.C4H10N2/c7-5-3-1-2-4-6(5)8;1-2-6-4-3-5-1/h1-4,8H;5-6H,1-4H2. The number of nitrogens with one attached hydrogen (secondary N) is 2. The van der Waals surface area contributed by atoms with Gasteiger partial charge in [0.25, 0.3) is 0 Å². The molecule has 2 rings (SSSR count). The summed E-state index contributed by atoms with van der Waals surface area (Å²) < 4.78 is 0. The quantitative estimate of drug-likeness (QED) is 0.609. The molecule has 4 heteroatoms. The highest BCUT2D eigenvalue weighted by atomic mass is 35.5. The van der Waals surface area contributed by atoms with Crippen LogP contribution in [0.5, 0.6) is 5.75 Å². The fourth-order valence-electron chi connectivity index (χ4n) is 1.06. The first-order valence-electron chi connectivity index (χ1n) is 4.65. The van der Waals surface area contributed by atoms with Crippen LogP contribution in [-0.2, 0) is 0 Å². The Morgan fingerprint density at radius 2 is 1.50 bits per heavy atom. The van der Waals surface area contributed by atoms with Crippen LogP contribution in [0, 0.1) is 0 Å². The minimum Gasteiger partial charge on any atom is -0.506 e. The molecule has 0 unspecified atom stereocenters. The molecule has 0 spiro atoms. The van der Waals surface area contributed by atoms with E-state index in [1.165, 1.54) is 0 Å². The first-order valence-corrected chi connectivity index (χ1v) is 5.03. The van der Waals surface area contributed by atoms with Gasteiger partial charge in [-0.2, -0.15) is 0 Å². The topological polar surface area (TPSA) is 44.3 Å². The van der Waals surface area contributed by atoms with Gasteiger partial charge >= 0.3 is 0 Å². The molecular weight excluding hydrogens is 200 g/mol. The maximum absolute atomic E-state index is 8.79. The van der Waals surface area contributed by atoms with Crippen LogP contribution in [0.15, 0.2) is 24.3 Å². The number of phenolic OH excluding ortho intramolecular Hbond substituents is 1. The van der Waals surface area contributed by atoms with Crippen molar-refractivity contribution < 1.29 is 5.11 Å². The highest BCUT2D eigenvalue weighted by Crippen LogP contribution is 2.20. The van der Waals surface area contributed by atoms with E-state index < -0.39 is 0 Å². The molecule has 0 aromatic heterocycles. The van der Waals surface area contributed by atoms with Crippen LogP contribution < -0.4 is 10.6 Å². The summed E-state index contributed by atoms with van der Waals surface area (Å²) in [6, 6.07) is 6.67. The number of hydrogen-bond donors (Lipinski definition) is 3. The van der Waals surface area contributed by atoms with Gasteiger partial charge in [-0.05, 0) is 12.1 Å². The fourth-order valence-corrected chi connectivity index (χ4v) is 1.19. The van der Waals surface area contributed by atoms with E-state index in [4.69, 9.17) is 16.7 Å². The van der Waals surface area contributed by atoms with Crippen molar-refractivity contribution in [2.75, 3.05) is 26.2 Å². The molecule has 1 aromatic carbocycles. The van der Waals surface area contributed by atoms with Crippen LogP contribution in [-0.4, -0.2) is 31.3 Å². The molecule has 1 heterocycles. The Kier molecular flexibility index (Phi) is 5.37. The molecule has 0 radical (unpaired) electrons. The van der Waals surface area contributed by atoms with E-state index >= 15 is 0 Å². The minimum atomic E-state index is 0.133. The smallest absolute Gasteiger partial charge is 0.134 e. The van der Waals surface area contributed by atoms with Gasteiger partial charge in [-0.1, -0.05) is 23.7 Å². The zero-order valence-electron chi connectivity index (χ0n) is 7.96. The summed E-state index contributed by atoms with van der Waals surface area (Å²) in [6.07, 6.45) is 0. The molecule has 14 heavy (non-hydrogen) atoms. The first kappa shape index (κ1) is 11.3. The number of para-hydroxylation sites is 1. The van der Waals surface area contributed by atoms with Gasteiger partial charge in [0.05, 0.1) is 5.02 Å². The number of benzene rings is 1. The second-order valence-corrected chi connectivity index (χ2v) is 3.36. The van der Waals surface area contributed by atoms with Gasteiger partial charge in [-0.15, -0.1) is 0 Å². The molecule has 78 valence electrons. The Bertz CT molecular complexity index is 232. The third-order valence-electron chi connectivity index (χ3n) is 1.81. The van der Waals surface area contributed by atoms with E-state index in [1.54, 1.807) is 24.3 Å². The van der Waals surface area contributed by atoms with Crippen LogP contribution in [0.25, 0.3) is 0 Å². The van der Waals surface area contributed by atoms with Gasteiger partial charge in [-0.25, -0.2) is 0 Å². The summed E-state index contributed by atoms with van der Waals surface area (Å²) in [5.74, 6) is 0.133. The third kappa shape index (κ3) is 4.46. The number of aromatic hydroxyl groups is 1. The van der Waals surface area contributed by atoms with Crippen LogP contribution in [0.3, 0.4) is 0 Å². The van der Waals surface area contributed by atoms with Crippen molar-refractivity contribution in [2.45, 2.75) is 0 Å². The molecule has 1 saturated heterocycles. The van der Waals surface area contributed by atoms with Crippen molar-refractivity contribution >= 4 is 11.6 Å². The molecule has 1 fully saturated rings. The lowest BCUT2D eigenvalue weighted by atomic mass is 10.3. The molecule has 1 aliphatic rings. The molecule has 3 nitrogen and oxygen atoms in total. The number of piperazine rings is 1. The SMILES string of the molecule is C1CNCCN1.Oc1ccccc1Cl. The molecule has 1 aliphatic heterocycles. The highest BCUT2D eigenvalue weighted by molar-refractivity contribution is 6.31. The molecule has 0 amide bonds. The summed E-state index contributed by atoms with van der Waals surface area (Å²) in [6.45, 7) is 4.56. The summed E-state index contributed by atoms with van der Waals surface area (Å²) >= 11 is 5.46. The van der Waals surface area contributed by atoms with Crippen molar-refractivity contribution in [2.24, 2.45) is 0 Å². The predicted octanol–water partition coefficient (Wildman–Crippen LogP) is 1.22. The highest BCUT2D eigenvalue weighted by Gasteiger charge is 1.91. The van der Waals surface area contributed by atoms with Crippen LogP contribution in [0.1, 0.15) is 0 Å². The van der Waals surface area contributed by atoms with Crippen molar-refractivity contribution in [3.8, 4) is 5.75 Å². The van der Waals surface area contributed by atoms with Gasteiger partial charge < -0.3 is 15.7 Å². The largest absolute Gasteiger partial charge is 0.506 e. The van der Waals surface area contributed by atoms with E-state index in [0.717, 1.165) is 26.2 Å². The van der Waals surface area contributed by atoms with Crippen LogP contribution in [0.2, 0.25) is 5.02 Å². The second-order valence-electron chi connectivity index (χ2n) is 2.95. The monoisotopic (exact) mass is 214 g/mol. The first-order chi connectivity index (χ1) is 6.80. The predicted molar refractivity (Wildman–Crippen MR) is 58.9 cm³/mol. The number of halogens is 1. The van der Waals surface area contributed by atoms with Crippen LogP contribution >= 0.6 is 11.6 Å². The van der Waals surface area contributed by atoms with E-state index in [0.29, 0.717) is 5.02 Å². The Balaban J connectivity index is 0.000000146. The summed E-state index contributed by atoms with van der Waals surface area (Å²) in [4.78, 5) is 0. The molecule has 0 bridgehead atoms. The maximum atomic E-state index is 8.79. The van der Waals surface area contributed by atoms with Crippen molar-refractivity contribution in [3.63, 3.8) is 0 Å². The van der Waals surface area contributed by atoms with E-state index in [-0.39, 0.29) is 5.75 Å². The fraction of sp³-hybridized carbons (Fsp3) is 0.400. The van der Waals surface area contributed by atoms with E-state index in [2.05, 4.69) is 10.6 Å². The summed E-state index contributed by atoms with van der Waals surface area (Å²) in [7, 11) is 0. The Hall–Kier alpha value is -0.770. The average Bonchev–Trinajstić information content (AvgIpc) is 2.26. The van der Waals surface area contributed by atoms with Gasteiger partial charge in [0.15, 0.2) is 0 Å². The van der Waals surface area contributed by atoms with Gasteiger partial charge in [0.1, 0.15) is 5.75 Å². The normalized spacial score (nSPS) is 15.5. The number of hydrogen-bond acceptors (Lipinski definition) is 3. The Morgan fingerprint density at radius 1 is 1.00 bits per heavy atom. The van der Waals surface area contributed by atoms with E-state index in [1.807, 2.05) is 0 Å². The number of rotatable bonds is 0. The lowest BCUT2D eigenvalue weighted by molar-refractivity contribution is 0.475.